The molecular weight excluding hydrogens is 204 g/mol. The van der Waals surface area contributed by atoms with E-state index in [1.165, 1.54) is 0 Å². The Hall–Kier alpha value is -2.36. The average molecular weight is 212 g/mol. The number of aldehydes is 1. The summed E-state index contributed by atoms with van der Waals surface area (Å²) in [7, 11) is 0. The molecular formula is C12H8N2O2. The second-order valence-electron chi connectivity index (χ2n) is 3.46. The van der Waals surface area contributed by atoms with Crippen LogP contribution in [0.15, 0.2) is 40.9 Å². The molecule has 3 rings (SSSR count). The number of aromatic nitrogens is 2. The Bertz CT molecular complexity index is 652. The maximum Gasteiger partial charge on any atom is 0.185 e. The summed E-state index contributed by atoms with van der Waals surface area (Å²) in [5.41, 5.74) is 1.82. The number of fused-ring (bicyclic) bond motifs is 1. The molecule has 1 N–H and O–H groups in total. The first-order valence-corrected chi connectivity index (χ1v) is 4.86. The van der Waals surface area contributed by atoms with Gasteiger partial charge >= 0.3 is 0 Å². The van der Waals surface area contributed by atoms with Crippen molar-refractivity contribution >= 4 is 17.2 Å². The molecule has 0 atom stereocenters. The summed E-state index contributed by atoms with van der Waals surface area (Å²) in [5.74, 6) is 0.989. The number of nitrogens with one attached hydrogen (secondary N) is 1. The van der Waals surface area contributed by atoms with E-state index in [0.717, 1.165) is 16.5 Å². The number of carbonyl (C=O) groups is 1. The fourth-order valence-corrected chi connectivity index (χ4v) is 1.74. The first-order valence-electron chi connectivity index (χ1n) is 4.86. The number of rotatable bonds is 2. The van der Waals surface area contributed by atoms with Gasteiger partial charge < -0.3 is 4.42 Å². The van der Waals surface area contributed by atoms with Crippen molar-refractivity contribution in [2.45, 2.75) is 0 Å². The van der Waals surface area contributed by atoms with Gasteiger partial charge in [0.1, 0.15) is 5.76 Å². The quantitative estimate of drug-likeness (QED) is 0.664. The summed E-state index contributed by atoms with van der Waals surface area (Å²) < 4.78 is 5.38. The lowest BCUT2D eigenvalue weighted by Crippen LogP contribution is -1.77. The lowest BCUT2D eigenvalue weighted by Gasteiger charge is -1.97. The van der Waals surface area contributed by atoms with Crippen LogP contribution in [0.2, 0.25) is 0 Å². The molecule has 16 heavy (non-hydrogen) atoms. The highest BCUT2D eigenvalue weighted by atomic mass is 16.3. The zero-order chi connectivity index (χ0) is 11.0. The Morgan fingerprint density at radius 3 is 3.00 bits per heavy atom. The highest BCUT2D eigenvalue weighted by Crippen LogP contribution is 2.27. The zero-order valence-electron chi connectivity index (χ0n) is 8.31. The maximum atomic E-state index is 10.6. The van der Waals surface area contributed by atoms with Gasteiger partial charge in [-0.25, -0.2) is 0 Å². The number of carbonyl (C=O) groups excluding carboxylic acids is 1. The molecule has 2 heterocycles. The minimum absolute atomic E-state index is 0.325. The Kier molecular flexibility index (Phi) is 1.86. The van der Waals surface area contributed by atoms with E-state index in [4.69, 9.17) is 4.42 Å². The van der Waals surface area contributed by atoms with Crippen molar-refractivity contribution < 1.29 is 9.21 Å². The third-order valence-corrected chi connectivity index (χ3v) is 2.49. The molecule has 0 aliphatic rings. The molecule has 0 fully saturated rings. The highest BCUT2D eigenvalue weighted by molar-refractivity contribution is 5.92. The molecule has 0 saturated carbocycles. The van der Waals surface area contributed by atoms with Crippen LogP contribution >= 0.6 is 0 Å². The lowest BCUT2D eigenvalue weighted by atomic mass is 10.1. The Morgan fingerprint density at radius 2 is 2.19 bits per heavy atom. The van der Waals surface area contributed by atoms with E-state index >= 15 is 0 Å². The molecule has 78 valence electrons. The van der Waals surface area contributed by atoms with Crippen LogP contribution in [0.3, 0.4) is 0 Å². The molecule has 4 nitrogen and oxygen atoms in total. The van der Waals surface area contributed by atoms with Crippen molar-refractivity contribution in [1.29, 1.82) is 0 Å². The number of H-pyrrole nitrogens is 1. The summed E-state index contributed by atoms with van der Waals surface area (Å²) in [6.45, 7) is 0. The van der Waals surface area contributed by atoms with Gasteiger partial charge in [0.25, 0.3) is 0 Å². The highest BCUT2D eigenvalue weighted by Gasteiger charge is 2.08. The van der Waals surface area contributed by atoms with Crippen molar-refractivity contribution in [2.75, 3.05) is 0 Å². The smallest absolute Gasteiger partial charge is 0.185 e. The van der Waals surface area contributed by atoms with Crippen molar-refractivity contribution in [1.82, 2.24) is 10.2 Å². The fourth-order valence-electron chi connectivity index (χ4n) is 1.74. The monoisotopic (exact) mass is 212 g/mol. The summed E-state index contributed by atoms with van der Waals surface area (Å²) in [4.78, 5) is 10.6. The molecule has 4 heteroatoms. The van der Waals surface area contributed by atoms with E-state index in [1.54, 1.807) is 18.3 Å². The van der Waals surface area contributed by atoms with Crippen LogP contribution < -0.4 is 0 Å². The van der Waals surface area contributed by atoms with Crippen LogP contribution in [0.4, 0.5) is 0 Å². The van der Waals surface area contributed by atoms with Gasteiger partial charge in [0.2, 0.25) is 0 Å². The van der Waals surface area contributed by atoms with Crippen LogP contribution in [0.1, 0.15) is 10.6 Å². The van der Waals surface area contributed by atoms with Gasteiger partial charge in [0.05, 0.1) is 11.7 Å². The predicted molar refractivity (Wildman–Crippen MR) is 59.2 cm³/mol. The van der Waals surface area contributed by atoms with E-state index in [0.29, 0.717) is 17.8 Å². The van der Waals surface area contributed by atoms with Gasteiger partial charge in [-0.1, -0.05) is 12.1 Å². The Balaban J connectivity index is 2.24. The number of benzene rings is 1. The van der Waals surface area contributed by atoms with Crippen molar-refractivity contribution in [2.24, 2.45) is 0 Å². The van der Waals surface area contributed by atoms with Crippen LogP contribution in [0, 0.1) is 0 Å². The van der Waals surface area contributed by atoms with Gasteiger partial charge in [0.15, 0.2) is 12.0 Å². The standard InChI is InChI=1S/C12H8N2O2/c15-7-9-4-5-11(16-9)10-3-1-2-8-6-13-14-12(8)10/h1-7H,(H,13,14). The molecule has 0 bridgehead atoms. The van der Waals surface area contributed by atoms with Gasteiger partial charge in [-0.15, -0.1) is 0 Å². The summed E-state index contributed by atoms with van der Waals surface area (Å²) in [6, 6.07) is 9.24. The van der Waals surface area contributed by atoms with Gasteiger partial charge in [-0.05, 0) is 18.2 Å². The van der Waals surface area contributed by atoms with Crippen molar-refractivity contribution in [3.05, 3.63) is 42.3 Å². The van der Waals surface area contributed by atoms with Gasteiger partial charge in [-0.3, -0.25) is 9.89 Å². The predicted octanol–water partition coefficient (Wildman–Crippen LogP) is 2.64. The number of nitrogens with zero attached hydrogens (tertiary/aromatic N) is 1. The van der Waals surface area contributed by atoms with Crippen molar-refractivity contribution in [3.8, 4) is 11.3 Å². The molecule has 0 radical (unpaired) electrons. The minimum Gasteiger partial charge on any atom is -0.453 e. The van der Waals surface area contributed by atoms with Crippen LogP contribution in [0.5, 0.6) is 0 Å². The fraction of sp³-hybridized carbons (Fsp3) is 0. The molecule has 2 aromatic heterocycles. The van der Waals surface area contributed by atoms with Crippen LogP contribution in [-0.4, -0.2) is 16.5 Å². The Morgan fingerprint density at radius 1 is 1.25 bits per heavy atom. The SMILES string of the molecule is O=Cc1ccc(-c2cccc3cn[nH]c23)o1. The third kappa shape index (κ3) is 1.24. The van der Waals surface area contributed by atoms with E-state index in [2.05, 4.69) is 10.2 Å². The van der Waals surface area contributed by atoms with E-state index < -0.39 is 0 Å². The molecule has 0 aliphatic carbocycles. The minimum atomic E-state index is 0.325. The van der Waals surface area contributed by atoms with Crippen LogP contribution in [-0.2, 0) is 0 Å². The number of hydrogen-bond acceptors (Lipinski definition) is 3. The molecule has 0 saturated heterocycles. The van der Waals surface area contributed by atoms with E-state index in [-0.39, 0.29) is 0 Å². The molecule has 1 aromatic carbocycles. The summed E-state index contributed by atoms with van der Waals surface area (Å²) in [6.07, 6.45) is 2.44. The molecule has 3 aromatic rings. The number of aromatic amines is 1. The third-order valence-electron chi connectivity index (χ3n) is 2.49. The summed E-state index contributed by atoms with van der Waals surface area (Å²) >= 11 is 0. The second kappa shape index (κ2) is 3.34. The lowest BCUT2D eigenvalue weighted by molar-refractivity contribution is 0.110. The van der Waals surface area contributed by atoms with Gasteiger partial charge in [-0.2, -0.15) is 5.10 Å². The molecule has 0 aliphatic heterocycles. The summed E-state index contributed by atoms with van der Waals surface area (Å²) in [5, 5.41) is 7.91. The molecule has 0 amide bonds. The van der Waals surface area contributed by atoms with Crippen molar-refractivity contribution in [3.63, 3.8) is 0 Å². The van der Waals surface area contributed by atoms with Gasteiger partial charge in [0, 0.05) is 10.9 Å². The largest absolute Gasteiger partial charge is 0.453 e. The normalized spacial score (nSPS) is 10.8. The second-order valence-corrected chi connectivity index (χ2v) is 3.46. The molecule has 0 spiro atoms. The average Bonchev–Trinajstić information content (AvgIpc) is 2.97. The Labute approximate surface area is 90.9 Å². The molecule has 0 unspecified atom stereocenters. The number of para-hydroxylation sites is 1. The van der Waals surface area contributed by atoms with E-state index in [9.17, 15) is 4.79 Å². The van der Waals surface area contributed by atoms with E-state index in [1.807, 2.05) is 18.2 Å². The zero-order valence-corrected chi connectivity index (χ0v) is 8.31. The number of hydrogen-bond donors (Lipinski definition) is 1. The van der Waals surface area contributed by atoms with Crippen LogP contribution in [0.25, 0.3) is 22.2 Å². The first kappa shape index (κ1) is 8.91. The topological polar surface area (TPSA) is 58.9 Å². The maximum absolute atomic E-state index is 10.6. The number of furan rings is 1. The first-order chi connectivity index (χ1) is 7.88.